The summed E-state index contributed by atoms with van der Waals surface area (Å²) < 4.78 is 5.58. The van der Waals surface area contributed by atoms with E-state index < -0.39 is 5.97 Å². The number of aliphatic carboxylic acids is 1. The molecule has 1 fully saturated rings. The van der Waals surface area contributed by atoms with Gasteiger partial charge >= 0.3 is 12.0 Å². The number of nitrogens with one attached hydrogen (secondary N) is 2. The van der Waals surface area contributed by atoms with Crippen LogP contribution in [0.5, 0.6) is 5.75 Å². The Hall–Kier alpha value is -2.28. The molecule has 0 atom stereocenters. The quantitative estimate of drug-likeness (QED) is 0.590. The Bertz CT molecular complexity index is 602. The predicted octanol–water partition coefficient (Wildman–Crippen LogP) is 1.86. The first-order chi connectivity index (χ1) is 12.5. The monoisotopic (exact) mass is 363 g/mol. The van der Waals surface area contributed by atoms with E-state index >= 15 is 0 Å². The summed E-state index contributed by atoms with van der Waals surface area (Å²) in [6.07, 6.45) is 2.29. The van der Waals surface area contributed by atoms with Gasteiger partial charge in [0.1, 0.15) is 5.75 Å². The average Bonchev–Trinajstić information content (AvgIpc) is 2.57. The second kappa shape index (κ2) is 10.0. The molecule has 0 saturated heterocycles. The zero-order valence-electron chi connectivity index (χ0n) is 15.5. The van der Waals surface area contributed by atoms with E-state index in [9.17, 15) is 9.59 Å². The minimum Gasteiger partial charge on any atom is -0.494 e. The van der Waals surface area contributed by atoms with Crippen molar-refractivity contribution in [2.24, 2.45) is 0 Å². The van der Waals surface area contributed by atoms with Gasteiger partial charge in [0, 0.05) is 18.6 Å². The highest BCUT2D eigenvalue weighted by Gasteiger charge is 2.34. The Morgan fingerprint density at radius 3 is 2.65 bits per heavy atom. The topological polar surface area (TPSA) is 90.9 Å². The van der Waals surface area contributed by atoms with Gasteiger partial charge in [-0.05, 0) is 44.4 Å². The number of carbonyl (C=O) groups excluding carboxylic acids is 1. The number of nitrogens with zero attached hydrogens (tertiary/aromatic N) is 1. The van der Waals surface area contributed by atoms with Crippen LogP contribution >= 0.6 is 0 Å². The number of carbonyl (C=O) groups is 2. The van der Waals surface area contributed by atoms with E-state index in [1.165, 1.54) is 0 Å². The Morgan fingerprint density at radius 1 is 1.27 bits per heavy atom. The molecule has 1 saturated carbocycles. The third kappa shape index (κ3) is 5.91. The fourth-order valence-corrected chi connectivity index (χ4v) is 3.23. The summed E-state index contributed by atoms with van der Waals surface area (Å²) in [6.45, 7) is 5.81. The van der Waals surface area contributed by atoms with Crippen LogP contribution in [-0.4, -0.2) is 60.3 Å². The number of urea groups is 1. The number of amides is 2. The molecule has 0 spiro atoms. The molecule has 2 rings (SSSR count). The van der Waals surface area contributed by atoms with Crippen LogP contribution in [0.1, 0.15) is 32.3 Å². The van der Waals surface area contributed by atoms with Crippen LogP contribution in [0.4, 0.5) is 4.79 Å². The van der Waals surface area contributed by atoms with Crippen LogP contribution in [0.25, 0.3) is 0 Å². The number of ether oxygens (including phenoxy) is 1. The molecule has 7 heteroatoms. The van der Waals surface area contributed by atoms with Crippen molar-refractivity contribution in [1.29, 1.82) is 0 Å². The van der Waals surface area contributed by atoms with E-state index in [0.717, 1.165) is 24.2 Å². The van der Waals surface area contributed by atoms with E-state index in [0.29, 0.717) is 26.1 Å². The highest BCUT2D eigenvalue weighted by molar-refractivity contribution is 5.74. The molecule has 1 aromatic rings. The molecule has 7 nitrogen and oxygen atoms in total. The molecule has 3 N–H and O–H groups in total. The van der Waals surface area contributed by atoms with Gasteiger partial charge in [-0.2, -0.15) is 0 Å². The maximum atomic E-state index is 12.0. The van der Waals surface area contributed by atoms with Crippen LogP contribution in [0.15, 0.2) is 24.3 Å². The zero-order valence-corrected chi connectivity index (χ0v) is 15.5. The van der Waals surface area contributed by atoms with Crippen LogP contribution in [0, 0.1) is 0 Å². The van der Waals surface area contributed by atoms with Gasteiger partial charge in [-0.3, -0.25) is 9.69 Å². The van der Waals surface area contributed by atoms with E-state index in [4.69, 9.17) is 9.84 Å². The van der Waals surface area contributed by atoms with Gasteiger partial charge in [-0.25, -0.2) is 4.79 Å². The van der Waals surface area contributed by atoms with E-state index in [-0.39, 0.29) is 24.7 Å². The first-order valence-electron chi connectivity index (χ1n) is 9.24. The Kier molecular flexibility index (Phi) is 7.72. The number of benzene rings is 1. The number of likely N-dealkylation sites (N-methyl/N-ethyl adjacent to an activating group) is 1. The molecule has 26 heavy (non-hydrogen) atoms. The summed E-state index contributed by atoms with van der Waals surface area (Å²) in [5.41, 5.74) is 1.07. The maximum Gasteiger partial charge on any atom is 0.317 e. The molecule has 1 aromatic carbocycles. The fourth-order valence-electron chi connectivity index (χ4n) is 3.23. The van der Waals surface area contributed by atoms with Crippen molar-refractivity contribution < 1.29 is 19.4 Å². The van der Waals surface area contributed by atoms with Gasteiger partial charge in [0.15, 0.2) is 0 Å². The molecule has 1 aliphatic rings. The number of rotatable bonds is 10. The maximum absolute atomic E-state index is 12.0. The minimum atomic E-state index is -0.812. The lowest BCUT2D eigenvalue weighted by Gasteiger charge is -2.42. The molecule has 0 aliphatic heterocycles. The SMILES string of the molecule is CCOc1ccccc1CCNC(=O)NC1CC(N(CC)CC(=O)O)C1. The molecular formula is C19H29N3O4. The second-order valence-corrected chi connectivity index (χ2v) is 6.47. The highest BCUT2D eigenvalue weighted by atomic mass is 16.5. The van der Waals surface area contributed by atoms with Crippen molar-refractivity contribution in [3.05, 3.63) is 29.8 Å². The summed E-state index contributed by atoms with van der Waals surface area (Å²) in [4.78, 5) is 24.8. The average molecular weight is 363 g/mol. The summed E-state index contributed by atoms with van der Waals surface area (Å²) in [7, 11) is 0. The smallest absolute Gasteiger partial charge is 0.317 e. The van der Waals surface area contributed by atoms with Crippen molar-refractivity contribution >= 4 is 12.0 Å². The van der Waals surface area contributed by atoms with Crippen LogP contribution in [0.2, 0.25) is 0 Å². The van der Waals surface area contributed by atoms with Gasteiger partial charge in [0.05, 0.1) is 13.2 Å². The number of carboxylic acids is 1. The third-order valence-corrected chi connectivity index (χ3v) is 4.66. The lowest BCUT2D eigenvalue weighted by molar-refractivity contribution is -0.139. The van der Waals surface area contributed by atoms with Crippen molar-refractivity contribution in [3.63, 3.8) is 0 Å². The van der Waals surface area contributed by atoms with Gasteiger partial charge in [0.25, 0.3) is 0 Å². The molecule has 1 aliphatic carbocycles. The number of hydrogen-bond donors (Lipinski definition) is 3. The van der Waals surface area contributed by atoms with Crippen molar-refractivity contribution in [2.45, 2.75) is 45.2 Å². The summed E-state index contributed by atoms with van der Waals surface area (Å²) in [5.74, 6) is 0.0467. The fraction of sp³-hybridized carbons (Fsp3) is 0.579. The minimum absolute atomic E-state index is 0.0549. The molecule has 2 amide bonds. The van der Waals surface area contributed by atoms with E-state index in [2.05, 4.69) is 10.6 Å². The normalized spacial score (nSPS) is 18.9. The summed E-state index contributed by atoms with van der Waals surface area (Å²) >= 11 is 0. The second-order valence-electron chi connectivity index (χ2n) is 6.47. The van der Waals surface area contributed by atoms with Crippen LogP contribution in [-0.2, 0) is 11.2 Å². The van der Waals surface area contributed by atoms with Crippen LogP contribution < -0.4 is 15.4 Å². The number of hydrogen-bond acceptors (Lipinski definition) is 4. The highest BCUT2D eigenvalue weighted by Crippen LogP contribution is 2.25. The van der Waals surface area contributed by atoms with Crippen molar-refractivity contribution in [1.82, 2.24) is 15.5 Å². The van der Waals surface area contributed by atoms with Gasteiger partial charge in [0.2, 0.25) is 0 Å². The third-order valence-electron chi connectivity index (χ3n) is 4.66. The Labute approximate surface area is 154 Å². The zero-order chi connectivity index (χ0) is 18.9. The standard InChI is InChI=1S/C19H29N3O4/c1-3-22(13-18(23)24)16-11-15(12-16)21-19(25)20-10-9-14-7-5-6-8-17(14)26-4-2/h5-8,15-16H,3-4,9-13H2,1-2H3,(H,23,24)(H2,20,21,25). The predicted molar refractivity (Wildman–Crippen MR) is 99.5 cm³/mol. The Balaban J connectivity index is 1.67. The van der Waals surface area contributed by atoms with E-state index in [1.54, 1.807) is 0 Å². The number of carboxylic acid groups (broad SMARTS) is 1. The lowest BCUT2D eigenvalue weighted by atomic mass is 9.85. The molecule has 144 valence electrons. The largest absolute Gasteiger partial charge is 0.494 e. The van der Waals surface area contributed by atoms with Crippen LogP contribution in [0.3, 0.4) is 0 Å². The first kappa shape index (κ1) is 20.0. The molecule has 0 heterocycles. The molecule has 0 radical (unpaired) electrons. The first-order valence-corrected chi connectivity index (χ1v) is 9.24. The van der Waals surface area contributed by atoms with Crippen molar-refractivity contribution in [2.75, 3.05) is 26.2 Å². The summed E-state index contributed by atoms with van der Waals surface area (Å²) in [5, 5.41) is 14.7. The van der Waals surface area contributed by atoms with Gasteiger partial charge in [-0.15, -0.1) is 0 Å². The molecule has 0 aromatic heterocycles. The van der Waals surface area contributed by atoms with Gasteiger partial charge < -0.3 is 20.5 Å². The molecule has 0 bridgehead atoms. The van der Waals surface area contributed by atoms with E-state index in [1.807, 2.05) is 43.0 Å². The van der Waals surface area contributed by atoms with Gasteiger partial charge in [-0.1, -0.05) is 25.1 Å². The Morgan fingerprint density at radius 2 is 2.00 bits per heavy atom. The van der Waals surface area contributed by atoms with Crippen molar-refractivity contribution in [3.8, 4) is 5.75 Å². The number of para-hydroxylation sites is 1. The lowest BCUT2D eigenvalue weighted by Crippen LogP contribution is -2.56. The molecule has 0 unspecified atom stereocenters. The molecular weight excluding hydrogens is 334 g/mol. The summed E-state index contributed by atoms with van der Waals surface area (Å²) in [6, 6.07) is 8.00.